The van der Waals surface area contributed by atoms with Crippen molar-refractivity contribution in [2.75, 3.05) is 0 Å². The van der Waals surface area contributed by atoms with Crippen molar-refractivity contribution in [2.45, 2.75) is 19.8 Å². The van der Waals surface area contributed by atoms with Crippen molar-refractivity contribution in [2.24, 2.45) is 0 Å². The molecule has 0 atom stereocenters. The molecular weight excluding hydrogens is 188 g/mol. The molecular formula is C12H12N2O. The first-order valence-electron chi connectivity index (χ1n) is 5.14. The Labute approximate surface area is 88.1 Å². The highest BCUT2D eigenvalue weighted by molar-refractivity contribution is 5.40. The van der Waals surface area contributed by atoms with E-state index in [1.165, 1.54) is 5.56 Å². The number of ether oxygens (including phenoxy) is 1. The molecule has 1 aliphatic heterocycles. The number of imidazole rings is 1. The number of hydrogen-bond acceptors (Lipinski definition) is 2. The summed E-state index contributed by atoms with van der Waals surface area (Å²) in [6, 6.07) is 8.13. The molecule has 15 heavy (non-hydrogen) atoms. The van der Waals surface area contributed by atoms with Gasteiger partial charge < -0.3 is 9.72 Å². The van der Waals surface area contributed by atoms with Gasteiger partial charge in [-0.1, -0.05) is 18.2 Å². The fraction of sp³-hybridized carbons (Fsp3) is 0.250. The number of aromatic nitrogens is 2. The number of nitrogens with one attached hydrogen (secondary N) is 1. The Kier molecular flexibility index (Phi) is 1.78. The van der Waals surface area contributed by atoms with Gasteiger partial charge >= 0.3 is 0 Å². The summed E-state index contributed by atoms with van der Waals surface area (Å²) in [7, 11) is 0. The Hall–Kier alpha value is -1.77. The summed E-state index contributed by atoms with van der Waals surface area (Å²) in [6.45, 7) is 1.95. The molecule has 3 nitrogen and oxygen atoms in total. The Morgan fingerprint density at radius 3 is 3.07 bits per heavy atom. The van der Waals surface area contributed by atoms with Crippen molar-refractivity contribution >= 4 is 0 Å². The molecule has 0 saturated carbocycles. The maximum Gasteiger partial charge on any atom is 0.240 e. The molecule has 0 fully saturated rings. The van der Waals surface area contributed by atoms with Crippen LogP contribution in [0.1, 0.15) is 17.1 Å². The Bertz CT molecular complexity index is 502. The van der Waals surface area contributed by atoms with Crippen molar-refractivity contribution in [3.8, 4) is 11.6 Å². The van der Waals surface area contributed by atoms with Crippen LogP contribution in [0, 0.1) is 6.92 Å². The Morgan fingerprint density at radius 1 is 1.27 bits per heavy atom. The molecule has 1 aromatic carbocycles. The number of rotatable bonds is 0. The number of fused-ring (bicyclic) bond motifs is 2. The van der Waals surface area contributed by atoms with Gasteiger partial charge in [0.2, 0.25) is 5.88 Å². The summed E-state index contributed by atoms with van der Waals surface area (Å²) in [5.41, 5.74) is 2.35. The van der Waals surface area contributed by atoms with E-state index in [1.54, 1.807) is 0 Å². The first-order chi connectivity index (χ1) is 7.33. The van der Waals surface area contributed by atoms with E-state index in [0.717, 1.165) is 36.0 Å². The zero-order valence-electron chi connectivity index (χ0n) is 8.58. The van der Waals surface area contributed by atoms with Gasteiger partial charge in [0.15, 0.2) is 0 Å². The number of para-hydroxylation sites is 1. The molecule has 0 radical (unpaired) electrons. The van der Waals surface area contributed by atoms with Gasteiger partial charge in [0.25, 0.3) is 0 Å². The van der Waals surface area contributed by atoms with Crippen LogP contribution in [-0.4, -0.2) is 9.97 Å². The highest BCUT2D eigenvalue weighted by Gasteiger charge is 2.16. The summed E-state index contributed by atoms with van der Waals surface area (Å²) < 4.78 is 5.78. The van der Waals surface area contributed by atoms with Crippen LogP contribution in [0.4, 0.5) is 0 Å². The largest absolute Gasteiger partial charge is 0.437 e. The van der Waals surface area contributed by atoms with Gasteiger partial charge in [0, 0.05) is 0 Å². The van der Waals surface area contributed by atoms with Crippen molar-refractivity contribution in [3.05, 3.63) is 41.3 Å². The minimum absolute atomic E-state index is 0.734. The smallest absolute Gasteiger partial charge is 0.240 e. The van der Waals surface area contributed by atoms with Crippen molar-refractivity contribution < 1.29 is 4.74 Å². The molecule has 2 heterocycles. The lowest BCUT2D eigenvalue weighted by atomic mass is 10.1. The van der Waals surface area contributed by atoms with E-state index in [0.29, 0.717) is 0 Å². The average Bonchev–Trinajstić information content (AvgIpc) is 2.49. The second kappa shape index (κ2) is 3.12. The van der Waals surface area contributed by atoms with Crippen LogP contribution in [0.5, 0.6) is 11.6 Å². The van der Waals surface area contributed by atoms with Gasteiger partial charge in [0.1, 0.15) is 11.6 Å². The number of benzene rings is 1. The summed E-state index contributed by atoms with van der Waals surface area (Å²) in [5.74, 6) is 2.58. The molecule has 76 valence electrons. The summed E-state index contributed by atoms with van der Waals surface area (Å²) in [6.07, 6.45) is 1.97. The lowest BCUT2D eigenvalue weighted by Crippen LogP contribution is -1.89. The van der Waals surface area contributed by atoms with Gasteiger partial charge in [-0.25, -0.2) is 0 Å². The van der Waals surface area contributed by atoms with E-state index in [9.17, 15) is 0 Å². The molecule has 0 unspecified atom stereocenters. The van der Waals surface area contributed by atoms with Crippen molar-refractivity contribution in [1.29, 1.82) is 0 Å². The predicted molar refractivity (Wildman–Crippen MR) is 57.2 cm³/mol. The maximum atomic E-state index is 5.78. The third-order valence-electron chi connectivity index (χ3n) is 2.68. The van der Waals surface area contributed by atoms with E-state index in [-0.39, 0.29) is 0 Å². The highest BCUT2D eigenvalue weighted by Crippen LogP contribution is 2.31. The number of H-pyrrole nitrogens is 1. The molecule has 0 saturated heterocycles. The van der Waals surface area contributed by atoms with E-state index in [2.05, 4.69) is 16.0 Å². The van der Waals surface area contributed by atoms with Gasteiger partial charge in [-0.05, 0) is 31.4 Å². The zero-order chi connectivity index (χ0) is 10.3. The maximum absolute atomic E-state index is 5.78. The fourth-order valence-electron chi connectivity index (χ4n) is 1.95. The van der Waals surface area contributed by atoms with Crippen LogP contribution < -0.4 is 4.74 Å². The van der Waals surface area contributed by atoms with Crippen LogP contribution >= 0.6 is 0 Å². The number of nitrogens with zero attached hydrogens (tertiary/aromatic N) is 1. The highest BCUT2D eigenvalue weighted by atomic mass is 16.5. The molecule has 1 aromatic heterocycles. The summed E-state index contributed by atoms with van der Waals surface area (Å²) in [4.78, 5) is 7.57. The number of hydrogen-bond donors (Lipinski definition) is 1. The van der Waals surface area contributed by atoms with Crippen molar-refractivity contribution in [3.63, 3.8) is 0 Å². The Morgan fingerprint density at radius 2 is 2.13 bits per heavy atom. The predicted octanol–water partition coefficient (Wildman–Crippen LogP) is 2.61. The molecule has 0 spiro atoms. The third kappa shape index (κ3) is 1.40. The number of aromatic amines is 1. The topological polar surface area (TPSA) is 37.9 Å². The van der Waals surface area contributed by atoms with Crippen LogP contribution in [0.25, 0.3) is 0 Å². The van der Waals surface area contributed by atoms with Gasteiger partial charge in [-0.15, -0.1) is 0 Å². The molecule has 3 rings (SSSR count). The first-order valence-corrected chi connectivity index (χ1v) is 5.14. The molecule has 0 amide bonds. The molecule has 0 bridgehead atoms. The van der Waals surface area contributed by atoms with E-state index in [1.807, 2.05) is 25.1 Å². The quantitative estimate of drug-likeness (QED) is 0.709. The SMILES string of the molecule is Cc1nc2c([nH]1)CCc1ccccc1O2. The van der Waals surface area contributed by atoms with E-state index in [4.69, 9.17) is 4.74 Å². The zero-order valence-corrected chi connectivity index (χ0v) is 8.58. The van der Waals surface area contributed by atoms with Crippen LogP contribution in [0.15, 0.2) is 24.3 Å². The molecule has 2 aromatic rings. The summed E-state index contributed by atoms with van der Waals surface area (Å²) in [5, 5.41) is 0. The third-order valence-corrected chi connectivity index (χ3v) is 2.68. The normalized spacial score (nSPS) is 13.7. The van der Waals surface area contributed by atoms with Crippen molar-refractivity contribution in [1.82, 2.24) is 9.97 Å². The molecule has 1 aliphatic rings. The standard InChI is InChI=1S/C12H12N2O/c1-8-13-10-7-6-9-4-2-3-5-11(9)15-12(10)14-8/h2-5H,6-7H2,1H3,(H,13,14). The van der Waals surface area contributed by atoms with Gasteiger partial charge in [0.05, 0.1) is 5.69 Å². The molecule has 1 N–H and O–H groups in total. The average molecular weight is 200 g/mol. The van der Waals surface area contributed by atoms with E-state index >= 15 is 0 Å². The lowest BCUT2D eigenvalue weighted by molar-refractivity contribution is 0.462. The second-order valence-electron chi connectivity index (χ2n) is 3.82. The van der Waals surface area contributed by atoms with E-state index < -0.39 is 0 Å². The Balaban J connectivity index is 2.08. The first kappa shape index (κ1) is 8.53. The fourth-order valence-corrected chi connectivity index (χ4v) is 1.95. The monoisotopic (exact) mass is 200 g/mol. The van der Waals surface area contributed by atoms with Gasteiger partial charge in [-0.2, -0.15) is 4.98 Å². The number of aryl methyl sites for hydroxylation is 3. The molecule has 3 heteroatoms. The van der Waals surface area contributed by atoms with Crippen LogP contribution in [0.3, 0.4) is 0 Å². The van der Waals surface area contributed by atoms with Crippen LogP contribution in [-0.2, 0) is 12.8 Å². The lowest BCUT2D eigenvalue weighted by Gasteiger charge is -2.04. The second-order valence-corrected chi connectivity index (χ2v) is 3.82. The minimum atomic E-state index is 0.734. The summed E-state index contributed by atoms with van der Waals surface area (Å²) >= 11 is 0. The molecule has 0 aliphatic carbocycles. The van der Waals surface area contributed by atoms with Gasteiger partial charge in [-0.3, -0.25) is 0 Å². The minimum Gasteiger partial charge on any atom is -0.437 e. The van der Waals surface area contributed by atoms with Crippen LogP contribution in [0.2, 0.25) is 0 Å².